The molecule has 0 aliphatic rings. The Morgan fingerprint density at radius 1 is 1.22 bits per heavy atom. The summed E-state index contributed by atoms with van der Waals surface area (Å²) in [4.78, 5) is 18.3. The standard InChI is InChI=1S/C13H12F2N2O/c1-2-3-12-16-11(7-13(18)17-12)8-4-5-9(14)10(15)6-8/h4-7H,2-3H2,1H3,(H,16,17,18). The molecule has 1 aromatic heterocycles. The van der Waals surface area contributed by atoms with E-state index in [2.05, 4.69) is 9.97 Å². The van der Waals surface area contributed by atoms with E-state index in [1.807, 2.05) is 6.92 Å². The molecule has 1 N–H and O–H groups in total. The third-order valence-electron chi connectivity index (χ3n) is 2.49. The van der Waals surface area contributed by atoms with Crippen LogP contribution < -0.4 is 5.56 Å². The van der Waals surface area contributed by atoms with Crippen LogP contribution in [0.2, 0.25) is 0 Å². The van der Waals surface area contributed by atoms with Gasteiger partial charge in [0.05, 0.1) is 5.69 Å². The summed E-state index contributed by atoms with van der Waals surface area (Å²) in [6.45, 7) is 1.96. The van der Waals surface area contributed by atoms with E-state index in [0.717, 1.165) is 18.6 Å². The number of hydrogen-bond donors (Lipinski definition) is 1. The summed E-state index contributed by atoms with van der Waals surface area (Å²) in [7, 11) is 0. The van der Waals surface area contributed by atoms with Gasteiger partial charge < -0.3 is 4.98 Å². The summed E-state index contributed by atoms with van der Waals surface area (Å²) >= 11 is 0. The van der Waals surface area contributed by atoms with E-state index in [-0.39, 0.29) is 5.56 Å². The van der Waals surface area contributed by atoms with E-state index in [1.54, 1.807) is 0 Å². The van der Waals surface area contributed by atoms with Gasteiger partial charge in [-0.25, -0.2) is 13.8 Å². The maximum absolute atomic E-state index is 13.1. The first kappa shape index (κ1) is 12.4. The molecule has 18 heavy (non-hydrogen) atoms. The van der Waals surface area contributed by atoms with Crippen LogP contribution in [0, 0.1) is 11.6 Å². The highest BCUT2D eigenvalue weighted by molar-refractivity contribution is 5.58. The molecule has 0 radical (unpaired) electrons. The molecule has 0 saturated heterocycles. The fourth-order valence-electron chi connectivity index (χ4n) is 1.67. The lowest BCUT2D eigenvalue weighted by Gasteiger charge is -2.04. The number of nitrogens with zero attached hydrogens (tertiary/aromatic N) is 1. The van der Waals surface area contributed by atoms with E-state index in [0.29, 0.717) is 23.5 Å². The van der Waals surface area contributed by atoms with Gasteiger partial charge in [0.15, 0.2) is 11.6 Å². The molecule has 0 spiro atoms. The van der Waals surface area contributed by atoms with Crippen molar-refractivity contribution in [3.05, 3.63) is 52.1 Å². The molecular weight excluding hydrogens is 238 g/mol. The van der Waals surface area contributed by atoms with Gasteiger partial charge >= 0.3 is 0 Å². The van der Waals surface area contributed by atoms with Gasteiger partial charge in [-0.15, -0.1) is 0 Å². The fraction of sp³-hybridized carbons (Fsp3) is 0.231. The van der Waals surface area contributed by atoms with Crippen LogP contribution in [0.4, 0.5) is 8.78 Å². The molecule has 2 aromatic rings. The number of benzene rings is 1. The summed E-state index contributed by atoms with van der Waals surface area (Å²) in [5.74, 6) is -1.33. The summed E-state index contributed by atoms with van der Waals surface area (Å²) in [5.41, 5.74) is 0.437. The zero-order valence-electron chi connectivity index (χ0n) is 9.84. The van der Waals surface area contributed by atoms with E-state index >= 15 is 0 Å². The molecular formula is C13H12F2N2O. The molecule has 5 heteroatoms. The minimum Gasteiger partial charge on any atom is -0.311 e. The molecule has 0 saturated carbocycles. The van der Waals surface area contributed by atoms with Crippen LogP contribution in [-0.4, -0.2) is 9.97 Å². The van der Waals surface area contributed by atoms with E-state index in [9.17, 15) is 13.6 Å². The lowest BCUT2D eigenvalue weighted by Crippen LogP contribution is -2.11. The molecule has 0 aliphatic carbocycles. The van der Waals surface area contributed by atoms with Crippen molar-refractivity contribution >= 4 is 0 Å². The number of nitrogens with one attached hydrogen (secondary N) is 1. The number of hydrogen-bond acceptors (Lipinski definition) is 2. The predicted molar refractivity (Wildman–Crippen MR) is 64.2 cm³/mol. The quantitative estimate of drug-likeness (QED) is 0.910. The van der Waals surface area contributed by atoms with Gasteiger partial charge in [0, 0.05) is 18.1 Å². The summed E-state index contributed by atoms with van der Waals surface area (Å²) in [6.07, 6.45) is 1.47. The molecule has 94 valence electrons. The lowest BCUT2D eigenvalue weighted by atomic mass is 10.1. The molecule has 0 aliphatic heterocycles. The first-order valence-corrected chi connectivity index (χ1v) is 5.66. The Kier molecular flexibility index (Phi) is 3.50. The van der Waals surface area contributed by atoms with Crippen LogP contribution in [0.15, 0.2) is 29.1 Å². The Morgan fingerprint density at radius 3 is 2.67 bits per heavy atom. The van der Waals surface area contributed by atoms with Crippen LogP contribution >= 0.6 is 0 Å². The van der Waals surface area contributed by atoms with E-state index in [1.165, 1.54) is 12.1 Å². The second-order valence-corrected chi connectivity index (χ2v) is 3.96. The van der Waals surface area contributed by atoms with Crippen LogP contribution in [0.1, 0.15) is 19.2 Å². The molecule has 0 unspecified atom stereocenters. The van der Waals surface area contributed by atoms with Gasteiger partial charge in [-0.3, -0.25) is 4.79 Å². The van der Waals surface area contributed by atoms with E-state index in [4.69, 9.17) is 0 Å². The van der Waals surface area contributed by atoms with E-state index < -0.39 is 11.6 Å². The van der Waals surface area contributed by atoms with Crippen molar-refractivity contribution in [1.29, 1.82) is 0 Å². The third kappa shape index (κ3) is 2.61. The molecule has 2 rings (SSSR count). The van der Waals surface area contributed by atoms with Crippen molar-refractivity contribution in [3.8, 4) is 11.3 Å². The number of aromatic amines is 1. The SMILES string of the molecule is CCCc1nc(-c2ccc(F)c(F)c2)cc(=O)[nH]1. The monoisotopic (exact) mass is 250 g/mol. The lowest BCUT2D eigenvalue weighted by molar-refractivity contribution is 0.509. The Hall–Kier alpha value is -2.04. The second-order valence-electron chi connectivity index (χ2n) is 3.96. The number of aryl methyl sites for hydroxylation is 1. The summed E-state index contributed by atoms with van der Waals surface area (Å²) in [5, 5.41) is 0. The minimum atomic E-state index is -0.952. The van der Waals surface area contributed by atoms with Gasteiger partial charge in [-0.2, -0.15) is 0 Å². The summed E-state index contributed by atoms with van der Waals surface area (Å²) in [6, 6.07) is 4.72. The Bertz CT molecular complexity index is 623. The molecule has 0 atom stereocenters. The maximum Gasteiger partial charge on any atom is 0.251 e. The molecule has 1 heterocycles. The molecule has 1 aromatic carbocycles. The number of halogens is 2. The average Bonchev–Trinajstić information content (AvgIpc) is 2.32. The van der Waals surface area contributed by atoms with Gasteiger partial charge in [0.1, 0.15) is 5.82 Å². The first-order chi connectivity index (χ1) is 8.60. The molecule has 0 bridgehead atoms. The van der Waals surface area contributed by atoms with Crippen molar-refractivity contribution in [3.63, 3.8) is 0 Å². The Morgan fingerprint density at radius 2 is 2.00 bits per heavy atom. The number of H-pyrrole nitrogens is 1. The van der Waals surface area contributed by atoms with Crippen molar-refractivity contribution in [2.75, 3.05) is 0 Å². The fourth-order valence-corrected chi connectivity index (χ4v) is 1.67. The molecule has 3 nitrogen and oxygen atoms in total. The van der Waals surface area contributed by atoms with Crippen molar-refractivity contribution in [2.45, 2.75) is 19.8 Å². The Balaban J connectivity index is 2.49. The van der Waals surface area contributed by atoms with Crippen molar-refractivity contribution in [1.82, 2.24) is 9.97 Å². The van der Waals surface area contributed by atoms with Crippen LogP contribution in [0.5, 0.6) is 0 Å². The van der Waals surface area contributed by atoms with Crippen LogP contribution in [0.25, 0.3) is 11.3 Å². The maximum atomic E-state index is 13.1. The van der Waals surface area contributed by atoms with Gasteiger partial charge in [-0.05, 0) is 24.6 Å². The summed E-state index contributed by atoms with van der Waals surface area (Å²) < 4.78 is 26.0. The number of aromatic nitrogens is 2. The molecule has 0 amide bonds. The van der Waals surface area contributed by atoms with Crippen LogP contribution in [-0.2, 0) is 6.42 Å². The third-order valence-corrected chi connectivity index (χ3v) is 2.49. The highest BCUT2D eigenvalue weighted by atomic mass is 19.2. The van der Waals surface area contributed by atoms with Crippen LogP contribution in [0.3, 0.4) is 0 Å². The van der Waals surface area contributed by atoms with Crippen molar-refractivity contribution < 1.29 is 8.78 Å². The highest BCUT2D eigenvalue weighted by Crippen LogP contribution is 2.18. The second kappa shape index (κ2) is 5.08. The predicted octanol–water partition coefficient (Wildman–Crippen LogP) is 2.67. The van der Waals surface area contributed by atoms with Crippen molar-refractivity contribution in [2.24, 2.45) is 0 Å². The largest absolute Gasteiger partial charge is 0.311 e. The topological polar surface area (TPSA) is 45.8 Å². The van der Waals surface area contributed by atoms with Gasteiger partial charge in [0.2, 0.25) is 0 Å². The molecule has 0 fully saturated rings. The zero-order valence-corrected chi connectivity index (χ0v) is 9.84. The van der Waals surface area contributed by atoms with Gasteiger partial charge in [0.25, 0.3) is 5.56 Å². The average molecular weight is 250 g/mol. The number of rotatable bonds is 3. The smallest absolute Gasteiger partial charge is 0.251 e. The zero-order chi connectivity index (χ0) is 13.1. The first-order valence-electron chi connectivity index (χ1n) is 5.66. The Labute approximate surface area is 103 Å². The minimum absolute atomic E-state index is 0.298. The normalized spacial score (nSPS) is 10.6. The highest BCUT2D eigenvalue weighted by Gasteiger charge is 2.07. The van der Waals surface area contributed by atoms with Gasteiger partial charge in [-0.1, -0.05) is 6.92 Å².